The molecule has 6 nitrogen and oxygen atoms in total. The minimum Gasteiger partial charge on any atom is -0.330 e. The van der Waals surface area contributed by atoms with E-state index in [4.69, 9.17) is 11.5 Å². The highest BCUT2D eigenvalue weighted by atomic mass is 19.4. The molecular weight excluding hydrogens is 496 g/mol. The number of hydrogen-bond acceptors (Lipinski definition) is 6. The number of halogens is 4. The highest BCUT2D eigenvalue weighted by molar-refractivity contribution is 5.67. The lowest BCUT2D eigenvalue weighted by atomic mass is 9.96. The van der Waals surface area contributed by atoms with Crippen LogP contribution in [0.2, 0.25) is 0 Å². The third-order valence-electron chi connectivity index (χ3n) is 6.05. The fourth-order valence-electron chi connectivity index (χ4n) is 4.08. The fourth-order valence-corrected chi connectivity index (χ4v) is 4.08. The van der Waals surface area contributed by atoms with Crippen LogP contribution in [0.3, 0.4) is 0 Å². The smallest absolute Gasteiger partial charge is 0.330 e. The van der Waals surface area contributed by atoms with Crippen LogP contribution in [0.5, 0.6) is 0 Å². The molecule has 0 spiro atoms. The van der Waals surface area contributed by atoms with Crippen molar-refractivity contribution in [2.45, 2.75) is 51.6 Å². The molecule has 0 atom stereocenters. The van der Waals surface area contributed by atoms with Crippen molar-refractivity contribution < 1.29 is 17.6 Å². The maximum Gasteiger partial charge on any atom is 0.416 e. The molecule has 10 heteroatoms. The van der Waals surface area contributed by atoms with Gasteiger partial charge in [0, 0.05) is 13.1 Å². The molecule has 214 valence electrons. The molecule has 0 saturated carbocycles. The topological polar surface area (TPSA) is 100 Å². The van der Waals surface area contributed by atoms with E-state index in [9.17, 15) is 17.6 Å². The second-order valence-corrected chi connectivity index (χ2v) is 9.43. The number of benzene rings is 2. The van der Waals surface area contributed by atoms with Crippen LogP contribution in [0.4, 0.5) is 17.6 Å². The molecule has 2 aromatic carbocycles. The van der Waals surface area contributed by atoms with E-state index in [2.05, 4.69) is 27.3 Å². The fraction of sp³-hybridized carbons (Fsp3) is 0.571. The van der Waals surface area contributed by atoms with Crippen molar-refractivity contribution in [3.8, 4) is 11.1 Å². The third kappa shape index (κ3) is 12.6. The predicted octanol–water partition coefficient (Wildman–Crippen LogP) is 3.68. The molecule has 0 aliphatic carbocycles. The molecule has 0 aromatic heterocycles. The van der Waals surface area contributed by atoms with Crippen LogP contribution in [-0.2, 0) is 25.9 Å². The van der Waals surface area contributed by atoms with Gasteiger partial charge in [0.2, 0.25) is 0 Å². The monoisotopic (exact) mass is 540 g/mol. The Bertz CT molecular complexity index is 884. The number of nitrogens with two attached hydrogens (primary N) is 2. The molecule has 2 aromatic rings. The summed E-state index contributed by atoms with van der Waals surface area (Å²) < 4.78 is 53.8. The van der Waals surface area contributed by atoms with Crippen LogP contribution in [0.1, 0.15) is 47.9 Å². The molecule has 2 rings (SSSR count). The number of hydrogen-bond donors (Lipinski definition) is 6. The summed E-state index contributed by atoms with van der Waals surface area (Å²) in [4.78, 5) is 0. The SMILES string of the molecule is NCCCNCCCNCc1cc(CNCCCNCCCN)cc(-c2cc(CF)cc(C(F)(F)F)c2)c1. The first-order valence-corrected chi connectivity index (χ1v) is 13.5. The summed E-state index contributed by atoms with van der Waals surface area (Å²) in [5.41, 5.74) is 13.1. The molecule has 0 bridgehead atoms. The second-order valence-electron chi connectivity index (χ2n) is 9.43. The molecule has 0 aliphatic rings. The van der Waals surface area contributed by atoms with Crippen LogP contribution in [0.25, 0.3) is 11.1 Å². The number of rotatable bonds is 20. The Hall–Kier alpha value is -2.08. The summed E-state index contributed by atoms with van der Waals surface area (Å²) in [5.74, 6) is 0. The van der Waals surface area contributed by atoms with Crippen molar-refractivity contribution in [3.63, 3.8) is 0 Å². The van der Waals surface area contributed by atoms with Gasteiger partial charge in [0.15, 0.2) is 0 Å². The van der Waals surface area contributed by atoms with Crippen LogP contribution >= 0.6 is 0 Å². The van der Waals surface area contributed by atoms with Crippen LogP contribution < -0.4 is 32.7 Å². The Morgan fingerprint density at radius 3 is 1.47 bits per heavy atom. The Balaban J connectivity index is 2.09. The number of alkyl halides is 4. The lowest BCUT2D eigenvalue weighted by molar-refractivity contribution is -0.137. The summed E-state index contributed by atoms with van der Waals surface area (Å²) in [5, 5.41) is 13.5. The summed E-state index contributed by atoms with van der Waals surface area (Å²) >= 11 is 0. The first-order valence-electron chi connectivity index (χ1n) is 13.5. The van der Waals surface area contributed by atoms with Crippen molar-refractivity contribution in [2.75, 3.05) is 52.4 Å². The molecule has 0 heterocycles. The van der Waals surface area contributed by atoms with Gasteiger partial charge in [0.05, 0.1) is 5.56 Å². The predicted molar refractivity (Wildman–Crippen MR) is 147 cm³/mol. The molecule has 0 unspecified atom stereocenters. The van der Waals surface area contributed by atoms with Crippen molar-refractivity contribution >= 4 is 0 Å². The minimum atomic E-state index is -4.54. The van der Waals surface area contributed by atoms with Crippen LogP contribution in [0.15, 0.2) is 36.4 Å². The van der Waals surface area contributed by atoms with Gasteiger partial charge in [-0.3, -0.25) is 0 Å². The molecular formula is C28H44F4N6. The van der Waals surface area contributed by atoms with Gasteiger partial charge in [-0.1, -0.05) is 6.07 Å². The van der Waals surface area contributed by atoms with Gasteiger partial charge in [-0.2, -0.15) is 13.2 Å². The molecule has 0 radical (unpaired) electrons. The van der Waals surface area contributed by atoms with Crippen molar-refractivity contribution in [1.82, 2.24) is 21.3 Å². The molecule has 0 amide bonds. The first kappa shape index (κ1) is 32.1. The lowest BCUT2D eigenvalue weighted by Gasteiger charge is -2.15. The minimum absolute atomic E-state index is 0.0160. The van der Waals surface area contributed by atoms with Crippen LogP contribution in [0, 0.1) is 0 Å². The van der Waals surface area contributed by atoms with Gasteiger partial charge in [0.25, 0.3) is 0 Å². The Morgan fingerprint density at radius 1 is 0.553 bits per heavy atom. The van der Waals surface area contributed by atoms with E-state index >= 15 is 0 Å². The maximum absolute atomic E-state index is 13.5. The second kappa shape index (κ2) is 18.3. The van der Waals surface area contributed by atoms with E-state index in [0.29, 0.717) is 37.3 Å². The van der Waals surface area contributed by atoms with Gasteiger partial charge in [0.1, 0.15) is 6.67 Å². The van der Waals surface area contributed by atoms with Gasteiger partial charge in [-0.25, -0.2) is 4.39 Å². The van der Waals surface area contributed by atoms with E-state index in [-0.39, 0.29) is 5.56 Å². The molecule has 0 fully saturated rings. The highest BCUT2D eigenvalue weighted by Crippen LogP contribution is 2.34. The van der Waals surface area contributed by atoms with Gasteiger partial charge in [-0.15, -0.1) is 0 Å². The van der Waals surface area contributed by atoms with Crippen LogP contribution in [-0.4, -0.2) is 52.4 Å². The third-order valence-corrected chi connectivity index (χ3v) is 6.05. The van der Waals surface area contributed by atoms with Crippen molar-refractivity contribution in [1.29, 1.82) is 0 Å². The largest absolute Gasteiger partial charge is 0.416 e. The zero-order chi connectivity index (χ0) is 27.6. The van der Waals surface area contributed by atoms with Gasteiger partial charge < -0.3 is 32.7 Å². The first-order chi connectivity index (χ1) is 18.4. The zero-order valence-electron chi connectivity index (χ0n) is 22.2. The van der Waals surface area contributed by atoms with Gasteiger partial charge >= 0.3 is 6.18 Å². The van der Waals surface area contributed by atoms with E-state index in [0.717, 1.165) is 88.2 Å². The molecule has 38 heavy (non-hydrogen) atoms. The van der Waals surface area contributed by atoms with E-state index in [1.807, 2.05) is 12.1 Å². The average Bonchev–Trinajstić information content (AvgIpc) is 2.90. The zero-order valence-corrected chi connectivity index (χ0v) is 22.2. The number of nitrogens with one attached hydrogen (secondary N) is 4. The van der Waals surface area contributed by atoms with E-state index in [1.165, 1.54) is 6.07 Å². The standard InChI is InChI=1S/C28H44F4N6/c29-19-22-14-26(18-27(17-22)28(30,31)32)25-15-23(20-37-11-3-9-35-7-1-5-33)13-24(16-25)21-38-12-4-10-36-8-2-6-34/h13-18,35-38H,1-12,19-21,33-34H2. The lowest BCUT2D eigenvalue weighted by Crippen LogP contribution is -2.24. The average molecular weight is 541 g/mol. The molecule has 0 aliphatic heterocycles. The summed E-state index contributed by atoms with van der Waals surface area (Å²) in [6.45, 7) is 6.75. The van der Waals surface area contributed by atoms with Crippen molar-refractivity contribution in [2.24, 2.45) is 11.5 Å². The Morgan fingerprint density at radius 2 is 1.00 bits per heavy atom. The Kier molecular flexibility index (Phi) is 15.4. The quantitative estimate of drug-likeness (QED) is 0.113. The Labute approximate surface area is 224 Å². The van der Waals surface area contributed by atoms with Crippen molar-refractivity contribution in [3.05, 3.63) is 58.7 Å². The normalized spacial score (nSPS) is 11.8. The van der Waals surface area contributed by atoms with E-state index < -0.39 is 18.4 Å². The molecule has 8 N–H and O–H groups in total. The highest BCUT2D eigenvalue weighted by Gasteiger charge is 2.31. The summed E-state index contributed by atoms with van der Waals surface area (Å²) in [7, 11) is 0. The van der Waals surface area contributed by atoms with Gasteiger partial charge in [-0.05, 0) is 136 Å². The maximum atomic E-state index is 13.5. The summed E-state index contributed by atoms with van der Waals surface area (Å²) in [6.07, 6.45) is -0.750. The van der Waals surface area contributed by atoms with E-state index in [1.54, 1.807) is 0 Å². The summed E-state index contributed by atoms with van der Waals surface area (Å²) in [6, 6.07) is 9.30. The molecule has 0 saturated heterocycles.